The molecule has 20 heavy (non-hydrogen) atoms. The summed E-state index contributed by atoms with van der Waals surface area (Å²) in [6.45, 7) is 2.76. The molecule has 2 aromatic rings. The van der Waals surface area contributed by atoms with E-state index in [1.807, 2.05) is 19.1 Å². The van der Waals surface area contributed by atoms with Crippen LogP contribution in [0.2, 0.25) is 0 Å². The van der Waals surface area contributed by atoms with Crippen molar-refractivity contribution in [1.82, 2.24) is 4.98 Å². The number of benzene rings is 1. The number of hydrogen-bond donors (Lipinski definition) is 0. The largest absolute Gasteiger partial charge is 0.490 e. The summed E-state index contributed by atoms with van der Waals surface area (Å²) in [6.07, 6.45) is 4.23. The molecular weight excluding hydrogens is 322 g/mol. The summed E-state index contributed by atoms with van der Waals surface area (Å²) in [7, 11) is 0. The average Bonchev–Trinajstić information content (AvgIpc) is 2.47. The fraction of sp³-hybridized carbons (Fsp3) is 0.200. The number of aldehydes is 1. The van der Waals surface area contributed by atoms with Crippen molar-refractivity contribution in [2.75, 3.05) is 6.61 Å². The third-order valence-corrected chi connectivity index (χ3v) is 3.16. The summed E-state index contributed by atoms with van der Waals surface area (Å²) < 4.78 is 12.0. The molecular formula is C15H14BrNO3. The van der Waals surface area contributed by atoms with E-state index in [9.17, 15) is 4.79 Å². The zero-order chi connectivity index (χ0) is 14.4. The summed E-state index contributed by atoms with van der Waals surface area (Å²) in [5, 5.41) is 0. The smallest absolute Gasteiger partial charge is 0.175 e. The van der Waals surface area contributed by atoms with Gasteiger partial charge in [-0.25, -0.2) is 0 Å². The maximum atomic E-state index is 10.9. The Kier molecular flexibility index (Phi) is 5.12. The lowest BCUT2D eigenvalue weighted by Crippen LogP contribution is -2.01. The number of carbonyl (C=O) groups excluding carboxylic acids is 1. The van der Waals surface area contributed by atoms with Crippen LogP contribution in [0.1, 0.15) is 22.8 Å². The zero-order valence-electron chi connectivity index (χ0n) is 11.0. The van der Waals surface area contributed by atoms with Crippen molar-refractivity contribution >= 4 is 22.2 Å². The minimum atomic E-state index is 0.382. The van der Waals surface area contributed by atoms with Crippen molar-refractivity contribution in [2.24, 2.45) is 0 Å². The van der Waals surface area contributed by atoms with Crippen LogP contribution >= 0.6 is 15.9 Å². The fourth-order valence-corrected chi connectivity index (χ4v) is 2.27. The second kappa shape index (κ2) is 7.05. The molecule has 1 heterocycles. The average molecular weight is 336 g/mol. The maximum Gasteiger partial charge on any atom is 0.175 e. The van der Waals surface area contributed by atoms with Gasteiger partial charge in [-0.05, 0) is 41.1 Å². The highest BCUT2D eigenvalue weighted by atomic mass is 79.9. The Hall–Kier alpha value is -1.88. The first kappa shape index (κ1) is 14.5. The summed E-state index contributed by atoms with van der Waals surface area (Å²) in [4.78, 5) is 14.9. The minimum Gasteiger partial charge on any atom is -0.490 e. The van der Waals surface area contributed by atoms with Gasteiger partial charge in [0.1, 0.15) is 12.9 Å². The molecule has 0 aliphatic carbocycles. The Morgan fingerprint density at radius 1 is 1.35 bits per heavy atom. The highest BCUT2D eigenvalue weighted by molar-refractivity contribution is 9.10. The van der Waals surface area contributed by atoms with Crippen LogP contribution in [-0.2, 0) is 6.61 Å². The van der Waals surface area contributed by atoms with Crippen molar-refractivity contribution in [3.63, 3.8) is 0 Å². The van der Waals surface area contributed by atoms with E-state index in [-0.39, 0.29) is 0 Å². The standard InChI is InChI=1S/C15H14BrNO3/c1-2-19-14-7-12(9-18)6-13(16)15(14)20-10-11-4-3-5-17-8-11/h3-9H,2,10H2,1H3. The molecule has 0 N–H and O–H groups in total. The third-order valence-electron chi connectivity index (χ3n) is 2.57. The number of nitrogens with zero attached hydrogens (tertiary/aromatic N) is 1. The second-order valence-electron chi connectivity index (χ2n) is 4.03. The van der Waals surface area contributed by atoms with Gasteiger partial charge in [-0.1, -0.05) is 6.07 Å². The highest BCUT2D eigenvalue weighted by Gasteiger charge is 2.12. The Morgan fingerprint density at radius 3 is 2.85 bits per heavy atom. The summed E-state index contributed by atoms with van der Waals surface area (Å²) >= 11 is 3.40. The first-order chi connectivity index (χ1) is 9.74. The molecule has 0 bridgehead atoms. The Morgan fingerprint density at radius 2 is 2.20 bits per heavy atom. The Labute approximate surface area is 125 Å². The van der Waals surface area contributed by atoms with Crippen LogP contribution in [0.3, 0.4) is 0 Å². The van der Waals surface area contributed by atoms with Crippen LogP contribution in [-0.4, -0.2) is 17.9 Å². The number of pyridine rings is 1. The monoisotopic (exact) mass is 335 g/mol. The van der Waals surface area contributed by atoms with Crippen LogP contribution in [0.4, 0.5) is 0 Å². The molecule has 2 rings (SSSR count). The predicted octanol–water partition coefficient (Wildman–Crippen LogP) is 3.63. The van der Waals surface area contributed by atoms with Gasteiger partial charge in [-0.2, -0.15) is 0 Å². The second-order valence-corrected chi connectivity index (χ2v) is 4.89. The first-order valence-electron chi connectivity index (χ1n) is 6.17. The molecule has 0 aliphatic heterocycles. The van der Waals surface area contributed by atoms with Gasteiger partial charge in [-0.3, -0.25) is 9.78 Å². The van der Waals surface area contributed by atoms with Crippen molar-refractivity contribution in [3.05, 3.63) is 52.3 Å². The summed E-state index contributed by atoms with van der Waals surface area (Å²) in [6, 6.07) is 7.15. The molecule has 1 aromatic heterocycles. The highest BCUT2D eigenvalue weighted by Crippen LogP contribution is 2.37. The lowest BCUT2D eigenvalue weighted by atomic mass is 10.2. The van der Waals surface area contributed by atoms with Gasteiger partial charge in [0.05, 0.1) is 11.1 Å². The van der Waals surface area contributed by atoms with Crippen molar-refractivity contribution < 1.29 is 14.3 Å². The van der Waals surface area contributed by atoms with Crippen molar-refractivity contribution in [2.45, 2.75) is 13.5 Å². The maximum absolute atomic E-state index is 10.9. The molecule has 5 heteroatoms. The lowest BCUT2D eigenvalue weighted by Gasteiger charge is -2.14. The SMILES string of the molecule is CCOc1cc(C=O)cc(Br)c1OCc1cccnc1. The third kappa shape index (κ3) is 3.57. The van der Waals surface area contributed by atoms with E-state index < -0.39 is 0 Å². The van der Waals surface area contributed by atoms with Crippen LogP contribution in [0.15, 0.2) is 41.1 Å². The van der Waals surface area contributed by atoms with E-state index in [1.54, 1.807) is 24.5 Å². The summed E-state index contributed by atoms with van der Waals surface area (Å²) in [5.41, 5.74) is 1.50. The zero-order valence-corrected chi connectivity index (χ0v) is 12.6. The van der Waals surface area contributed by atoms with E-state index in [0.717, 1.165) is 11.8 Å². The van der Waals surface area contributed by atoms with Crippen molar-refractivity contribution in [3.8, 4) is 11.5 Å². The molecule has 1 aromatic carbocycles. The van der Waals surface area contributed by atoms with Gasteiger partial charge in [0.2, 0.25) is 0 Å². The molecule has 104 valence electrons. The topological polar surface area (TPSA) is 48.4 Å². The van der Waals surface area contributed by atoms with E-state index in [2.05, 4.69) is 20.9 Å². The number of aromatic nitrogens is 1. The normalized spacial score (nSPS) is 10.1. The number of halogens is 1. The molecule has 0 fully saturated rings. The van der Waals surface area contributed by atoms with Gasteiger partial charge in [0.25, 0.3) is 0 Å². The molecule has 0 atom stereocenters. The molecule has 0 amide bonds. The Balaban J connectivity index is 2.23. The van der Waals surface area contributed by atoms with Gasteiger partial charge in [-0.15, -0.1) is 0 Å². The number of carbonyl (C=O) groups is 1. The van der Waals surface area contributed by atoms with Crippen LogP contribution in [0.25, 0.3) is 0 Å². The number of hydrogen-bond acceptors (Lipinski definition) is 4. The molecule has 0 unspecified atom stereocenters. The van der Waals surface area contributed by atoms with Gasteiger partial charge < -0.3 is 9.47 Å². The van der Waals surface area contributed by atoms with E-state index in [0.29, 0.717) is 34.7 Å². The molecule has 4 nitrogen and oxygen atoms in total. The quantitative estimate of drug-likeness (QED) is 0.756. The van der Waals surface area contributed by atoms with Crippen molar-refractivity contribution in [1.29, 1.82) is 0 Å². The van der Waals surface area contributed by atoms with Gasteiger partial charge in [0.15, 0.2) is 11.5 Å². The van der Waals surface area contributed by atoms with E-state index >= 15 is 0 Å². The molecule has 0 saturated heterocycles. The first-order valence-corrected chi connectivity index (χ1v) is 6.97. The number of ether oxygens (including phenoxy) is 2. The molecule has 0 radical (unpaired) electrons. The molecule has 0 aliphatic rings. The van der Waals surface area contributed by atoms with Crippen LogP contribution < -0.4 is 9.47 Å². The predicted molar refractivity (Wildman–Crippen MR) is 79.3 cm³/mol. The molecule has 0 spiro atoms. The van der Waals surface area contributed by atoms with Gasteiger partial charge in [0, 0.05) is 23.5 Å². The Bertz CT molecular complexity index is 587. The lowest BCUT2D eigenvalue weighted by molar-refractivity contribution is 0.112. The number of rotatable bonds is 6. The fourth-order valence-electron chi connectivity index (χ4n) is 1.70. The molecule has 0 saturated carbocycles. The minimum absolute atomic E-state index is 0.382. The van der Waals surface area contributed by atoms with Crippen LogP contribution in [0, 0.1) is 0 Å². The van der Waals surface area contributed by atoms with E-state index in [1.165, 1.54) is 0 Å². The van der Waals surface area contributed by atoms with E-state index in [4.69, 9.17) is 9.47 Å². The summed E-state index contributed by atoms with van der Waals surface area (Å²) in [5.74, 6) is 1.13. The van der Waals surface area contributed by atoms with Crippen LogP contribution in [0.5, 0.6) is 11.5 Å². The van der Waals surface area contributed by atoms with Gasteiger partial charge >= 0.3 is 0 Å².